The van der Waals surface area contributed by atoms with Crippen molar-refractivity contribution in [3.8, 4) is 6.07 Å². The lowest BCUT2D eigenvalue weighted by molar-refractivity contribution is -0.119. The van der Waals surface area contributed by atoms with E-state index >= 15 is 0 Å². The summed E-state index contributed by atoms with van der Waals surface area (Å²) in [6.07, 6.45) is 8.26. The molecule has 2 aliphatic carbocycles. The Kier molecular flexibility index (Phi) is 4.80. The van der Waals surface area contributed by atoms with Gasteiger partial charge in [0.05, 0.1) is 12.1 Å². The predicted molar refractivity (Wildman–Crippen MR) is 88.8 cm³/mol. The average Bonchev–Trinajstić information content (AvgIpc) is 3.18. The first kappa shape index (κ1) is 15.8. The van der Waals surface area contributed by atoms with Crippen LogP contribution in [0.3, 0.4) is 0 Å². The highest BCUT2D eigenvalue weighted by atomic mass is 16.2. The lowest BCUT2D eigenvalue weighted by atomic mass is 9.86. The number of nitriles is 1. The second-order valence-electron chi connectivity index (χ2n) is 6.95. The average molecular weight is 312 g/mol. The zero-order chi connectivity index (χ0) is 16.2. The van der Waals surface area contributed by atoms with E-state index in [0.717, 1.165) is 30.7 Å². The minimum atomic E-state index is 0.0295. The van der Waals surface area contributed by atoms with Gasteiger partial charge in [0.2, 0.25) is 5.91 Å². The summed E-state index contributed by atoms with van der Waals surface area (Å²) in [6.45, 7) is 1.07. The minimum absolute atomic E-state index is 0.0295. The van der Waals surface area contributed by atoms with Gasteiger partial charge in [0.15, 0.2) is 0 Å². The summed E-state index contributed by atoms with van der Waals surface area (Å²) in [5, 5.41) is 11.8. The van der Waals surface area contributed by atoms with Gasteiger partial charge in [-0.3, -0.25) is 4.79 Å². The van der Waals surface area contributed by atoms with E-state index in [0.29, 0.717) is 11.4 Å². The molecule has 2 bridgehead atoms. The largest absolute Gasteiger partial charge is 0.355 e. The lowest BCUT2D eigenvalue weighted by Gasteiger charge is -2.22. The van der Waals surface area contributed by atoms with Crippen LogP contribution in [0.15, 0.2) is 18.3 Å². The van der Waals surface area contributed by atoms with Gasteiger partial charge in [-0.15, -0.1) is 0 Å². The lowest BCUT2D eigenvalue weighted by Crippen LogP contribution is -2.36. The predicted octanol–water partition coefficient (Wildman–Crippen LogP) is 2.33. The van der Waals surface area contributed by atoms with Crippen LogP contribution in [0.5, 0.6) is 0 Å². The molecule has 0 spiro atoms. The number of rotatable bonds is 6. The smallest absolute Gasteiger partial charge is 0.239 e. The zero-order valence-corrected chi connectivity index (χ0v) is 13.7. The van der Waals surface area contributed by atoms with Crippen molar-refractivity contribution < 1.29 is 4.79 Å². The Morgan fingerprint density at radius 3 is 2.91 bits per heavy atom. The van der Waals surface area contributed by atoms with Gasteiger partial charge in [0.25, 0.3) is 0 Å². The Hall–Kier alpha value is -2.09. The SMILES string of the molecule is CN(CC(=O)NCCC1CC2CCC1C2)c1ccc(C#N)cn1. The summed E-state index contributed by atoms with van der Waals surface area (Å²) in [6, 6.07) is 5.52. The highest BCUT2D eigenvalue weighted by Crippen LogP contribution is 2.49. The molecule has 0 aromatic carbocycles. The van der Waals surface area contributed by atoms with Crippen LogP contribution in [0.1, 0.15) is 37.7 Å². The summed E-state index contributed by atoms with van der Waals surface area (Å²) < 4.78 is 0. The molecule has 0 radical (unpaired) electrons. The number of hydrogen-bond donors (Lipinski definition) is 1. The molecule has 2 fully saturated rings. The molecule has 0 saturated heterocycles. The highest BCUT2D eigenvalue weighted by Gasteiger charge is 2.38. The number of aromatic nitrogens is 1. The molecule has 3 rings (SSSR count). The molecular formula is C18H24N4O. The number of anilines is 1. The van der Waals surface area contributed by atoms with Crippen LogP contribution in [0, 0.1) is 29.1 Å². The van der Waals surface area contributed by atoms with Crippen molar-refractivity contribution in [3.63, 3.8) is 0 Å². The first-order valence-corrected chi connectivity index (χ1v) is 8.49. The summed E-state index contributed by atoms with van der Waals surface area (Å²) >= 11 is 0. The van der Waals surface area contributed by atoms with Gasteiger partial charge in [-0.1, -0.05) is 6.42 Å². The van der Waals surface area contributed by atoms with Crippen LogP contribution >= 0.6 is 0 Å². The molecule has 1 N–H and O–H groups in total. The maximum atomic E-state index is 12.1. The quantitative estimate of drug-likeness (QED) is 0.875. The number of carbonyl (C=O) groups excluding carboxylic acids is 1. The summed E-state index contributed by atoms with van der Waals surface area (Å²) in [5.74, 6) is 3.44. The van der Waals surface area contributed by atoms with Crippen LogP contribution in [0.25, 0.3) is 0 Å². The Bertz CT molecular complexity index is 592. The third kappa shape index (κ3) is 3.82. The molecule has 5 nitrogen and oxygen atoms in total. The summed E-state index contributed by atoms with van der Waals surface area (Å²) in [4.78, 5) is 18.0. The van der Waals surface area contributed by atoms with Crippen molar-refractivity contribution >= 4 is 11.7 Å². The number of carbonyl (C=O) groups is 1. The van der Waals surface area contributed by atoms with Crippen LogP contribution in [0.2, 0.25) is 0 Å². The van der Waals surface area contributed by atoms with E-state index in [2.05, 4.69) is 10.3 Å². The first-order valence-electron chi connectivity index (χ1n) is 8.49. The van der Waals surface area contributed by atoms with Gasteiger partial charge in [0.1, 0.15) is 11.9 Å². The van der Waals surface area contributed by atoms with Gasteiger partial charge in [-0.05, 0) is 55.6 Å². The molecule has 2 saturated carbocycles. The number of likely N-dealkylation sites (N-methyl/N-ethyl adjacent to an activating group) is 1. The summed E-state index contributed by atoms with van der Waals surface area (Å²) in [5.41, 5.74) is 0.525. The number of hydrogen-bond acceptors (Lipinski definition) is 4. The Morgan fingerprint density at radius 1 is 1.43 bits per heavy atom. The third-order valence-electron chi connectivity index (χ3n) is 5.37. The Morgan fingerprint density at radius 2 is 2.30 bits per heavy atom. The van der Waals surface area contributed by atoms with E-state index in [1.54, 1.807) is 17.0 Å². The van der Waals surface area contributed by atoms with E-state index in [9.17, 15) is 4.79 Å². The van der Waals surface area contributed by atoms with E-state index in [-0.39, 0.29) is 12.5 Å². The summed E-state index contributed by atoms with van der Waals surface area (Å²) in [7, 11) is 1.84. The van der Waals surface area contributed by atoms with Crippen molar-refractivity contribution in [2.75, 3.05) is 25.0 Å². The van der Waals surface area contributed by atoms with E-state index in [1.807, 2.05) is 13.1 Å². The monoisotopic (exact) mass is 312 g/mol. The van der Waals surface area contributed by atoms with Crippen molar-refractivity contribution in [2.24, 2.45) is 17.8 Å². The molecule has 23 heavy (non-hydrogen) atoms. The van der Waals surface area contributed by atoms with Crippen LogP contribution in [-0.4, -0.2) is 31.0 Å². The molecule has 3 atom stereocenters. The van der Waals surface area contributed by atoms with Crippen molar-refractivity contribution in [3.05, 3.63) is 23.9 Å². The number of amides is 1. The zero-order valence-electron chi connectivity index (χ0n) is 13.7. The molecule has 2 aliphatic rings. The molecular weight excluding hydrogens is 288 g/mol. The number of pyridine rings is 1. The van der Waals surface area contributed by atoms with Crippen LogP contribution < -0.4 is 10.2 Å². The maximum Gasteiger partial charge on any atom is 0.239 e. The minimum Gasteiger partial charge on any atom is -0.355 e. The fourth-order valence-corrected chi connectivity index (χ4v) is 4.16. The molecule has 1 heterocycles. The molecule has 122 valence electrons. The second kappa shape index (κ2) is 6.99. The molecule has 3 unspecified atom stereocenters. The normalized spacial score (nSPS) is 25.1. The van der Waals surface area contributed by atoms with Crippen LogP contribution in [-0.2, 0) is 4.79 Å². The van der Waals surface area contributed by atoms with Gasteiger partial charge < -0.3 is 10.2 Å². The maximum absolute atomic E-state index is 12.1. The Labute approximate surface area is 137 Å². The van der Waals surface area contributed by atoms with Gasteiger partial charge in [-0.2, -0.15) is 5.26 Å². The van der Waals surface area contributed by atoms with Crippen molar-refractivity contribution in [2.45, 2.75) is 32.1 Å². The third-order valence-corrected chi connectivity index (χ3v) is 5.37. The molecule has 0 aliphatic heterocycles. The first-order chi connectivity index (χ1) is 11.2. The highest BCUT2D eigenvalue weighted by molar-refractivity contribution is 5.80. The molecule has 1 aromatic rings. The fourth-order valence-electron chi connectivity index (χ4n) is 4.16. The molecule has 1 aromatic heterocycles. The van der Waals surface area contributed by atoms with Crippen LogP contribution in [0.4, 0.5) is 5.82 Å². The topological polar surface area (TPSA) is 69.0 Å². The van der Waals surface area contributed by atoms with Gasteiger partial charge in [0, 0.05) is 19.8 Å². The fraction of sp³-hybridized carbons (Fsp3) is 0.611. The number of fused-ring (bicyclic) bond motifs is 2. The molecule has 1 amide bonds. The number of nitrogens with zero attached hydrogens (tertiary/aromatic N) is 3. The van der Waals surface area contributed by atoms with E-state index < -0.39 is 0 Å². The van der Waals surface area contributed by atoms with E-state index in [1.165, 1.54) is 31.9 Å². The van der Waals surface area contributed by atoms with Gasteiger partial charge >= 0.3 is 0 Å². The second-order valence-corrected chi connectivity index (χ2v) is 6.95. The molecule has 5 heteroatoms. The van der Waals surface area contributed by atoms with Crippen molar-refractivity contribution in [1.29, 1.82) is 5.26 Å². The Balaban J connectivity index is 1.39. The number of nitrogens with one attached hydrogen (secondary N) is 1. The van der Waals surface area contributed by atoms with Crippen molar-refractivity contribution in [1.82, 2.24) is 10.3 Å². The van der Waals surface area contributed by atoms with Gasteiger partial charge in [-0.25, -0.2) is 4.98 Å². The standard InChI is InChI=1S/C18H24N4O/c1-22(17-5-3-14(10-19)11-21-17)12-18(23)20-7-6-16-9-13-2-4-15(16)8-13/h3,5,11,13,15-16H,2,4,6-9,12H2,1H3,(H,20,23). The van der Waals surface area contributed by atoms with E-state index in [4.69, 9.17) is 5.26 Å².